The molecule has 1 aromatic heterocycles. The fourth-order valence-corrected chi connectivity index (χ4v) is 4.71. The topological polar surface area (TPSA) is 77.5 Å². The van der Waals surface area contributed by atoms with E-state index in [0.29, 0.717) is 11.3 Å². The van der Waals surface area contributed by atoms with Gasteiger partial charge in [0, 0.05) is 23.6 Å². The van der Waals surface area contributed by atoms with Gasteiger partial charge in [-0.2, -0.15) is 4.99 Å². The van der Waals surface area contributed by atoms with E-state index in [-0.39, 0.29) is 16.3 Å². The summed E-state index contributed by atoms with van der Waals surface area (Å²) in [5, 5.41) is 11.2. The van der Waals surface area contributed by atoms with E-state index in [1.165, 1.54) is 35.1 Å². The molecule has 0 unspecified atom stereocenters. The molecule has 3 aromatic rings. The number of halogens is 1. The Kier molecular flexibility index (Phi) is 6.84. The van der Waals surface area contributed by atoms with Crippen molar-refractivity contribution in [2.75, 3.05) is 0 Å². The predicted molar refractivity (Wildman–Crippen MR) is 120 cm³/mol. The van der Waals surface area contributed by atoms with E-state index in [0.717, 1.165) is 29.0 Å². The average Bonchev–Trinajstić information content (AvgIpc) is 3.05. The molecule has 0 aliphatic rings. The summed E-state index contributed by atoms with van der Waals surface area (Å²) in [6, 6.07) is 12.1. The highest BCUT2D eigenvalue weighted by Crippen LogP contribution is 2.28. The molecule has 1 amide bonds. The van der Waals surface area contributed by atoms with Crippen LogP contribution >= 0.6 is 22.9 Å². The van der Waals surface area contributed by atoms with E-state index in [4.69, 9.17) is 11.6 Å². The standard InChI is InChI=1S/C22H22ClN3O3S/c1-4-6-19-20(15-9-7-14(3)8-10-15)25(5-2)22(30-19)24-21(27)17-13-16(26(28)29)11-12-18(17)23/h7-13H,4-6H2,1-3H3. The van der Waals surface area contributed by atoms with Crippen molar-refractivity contribution in [3.63, 3.8) is 0 Å². The summed E-state index contributed by atoms with van der Waals surface area (Å²) in [5.41, 5.74) is 3.13. The molecule has 8 heteroatoms. The highest BCUT2D eigenvalue weighted by molar-refractivity contribution is 7.09. The fourth-order valence-electron chi connectivity index (χ4n) is 3.20. The van der Waals surface area contributed by atoms with Gasteiger partial charge in [-0.1, -0.05) is 54.8 Å². The summed E-state index contributed by atoms with van der Waals surface area (Å²) in [5.74, 6) is -0.592. The number of thiazole rings is 1. The van der Waals surface area contributed by atoms with Crippen molar-refractivity contribution in [2.45, 2.75) is 40.2 Å². The van der Waals surface area contributed by atoms with Crippen LogP contribution in [0.3, 0.4) is 0 Å². The number of benzene rings is 2. The molecule has 0 saturated carbocycles. The maximum atomic E-state index is 12.9. The van der Waals surface area contributed by atoms with Crippen molar-refractivity contribution in [1.29, 1.82) is 0 Å². The number of carbonyl (C=O) groups excluding carboxylic acids is 1. The number of hydrogen-bond acceptors (Lipinski definition) is 4. The van der Waals surface area contributed by atoms with Gasteiger partial charge in [-0.3, -0.25) is 14.9 Å². The average molecular weight is 444 g/mol. The van der Waals surface area contributed by atoms with Crippen LogP contribution in [0.2, 0.25) is 5.02 Å². The molecule has 0 aliphatic carbocycles. The minimum atomic E-state index is -0.592. The number of nitrogens with zero attached hydrogens (tertiary/aromatic N) is 3. The van der Waals surface area contributed by atoms with Crippen molar-refractivity contribution in [3.8, 4) is 11.3 Å². The number of aromatic nitrogens is 1. The number of rotatable bonds is 6. The molecule has 156 valence electrons. The second kappa shape index (κ2) is 9.36. The molecule has 0 aliphatic heterocycles. The lowest BCUT2D eigenvalue weighted by Gasteiger charge is -2.09. The van der Waals surface area contributed by atoms with Crippen LogP contribution in [0.15, 0.2) is 47.5 Å². The van der Waals surface area contributed by atoms with Crippen LogP contribution in [0, 0.1) is 17.0 Å². The highest BCUT2D eigenvalue weighted by atomic mass is 35.5. The van der Waals surface area contributed by atoms with Crippen LogP contribution in [-0.2, 0) is 13.0 Å². The summed E-state index contributed by atoms with van der Waals surface area (Å²) < 4.78 is 2.02. The van der Waals surface area contributed by atoms with Crippen molar-refractivity contribution in [2.24, 2.45) is 4.99 Å². The summed E-state index contributed by atoms with van der Waals surface area (Å²) in [7, 11) is 0. The predicted octanol–water partition coefficient (Wildman–Crippen LogP) is 5.80. The first kappa shape index (κ1) is 21.9. The number of amides is 1. The number of nitro benzene ring substituents is 1. The molecular weight excluding hydrogens is 422 g/mol. The zero-order valence-corrected chi connectivity index (χ0v) is 18.6. The monoisotopic (exact) mass is 443 g/mol. The van der Waals surface area contributed by atoms with Crippen LogP contribution in [0.25, 0.3) is 11.3 Å². The molecule has 0 N–H and O–H groups in total. The number of aryl methyl sites for hydroxylation is 2. The second-order valence-corrected chi connectivity index (χ2v) is 8.32. The molecule has 0 bridgehead atoms. The Morgan fingerprint density at radius 1 is 1.20 bits per heavy atom. The third-order valence-electron chi connectivity index (χ3n) is 4.69. The van der Waals surface area contributed by atoms with Gasteiger partial charge in [-0.25, -0.2) is 0 Å². The Hall–Kier alpha value is -2.77. The molecule has 0 fully saturated rings. The van der Waals surface area contributed by atoms with Gasteiger partial charge >= 0.3 is 0 Å². The Morgan fingerprint density at radius 2 is 1.90 bits per heavy atom. The van der Waals surface area contributed by atoms with Crippen molar-refractivity contribution in [1.82, 2.24) is 4.57 Å². The summed E-state index contributed by atoms with van der Waals surface area (Å²) in [6.45, 7) is 6.79. The third kappa shape index (κ3) is 4.52. The summed E-state index contributed by atoms with van der Waals surface area (Å²) in [4.78, 5) is 29.4. The van der Waals surface area contributed by atoms with Crippen molar-refractivity contribution < 1.29 is 9.72 Å². The normalized spacial score (nSPS) is 11.7. The summed E-state index contributed by atoms with van der Waals surface area (Å²) >= 11 is 7.60. The van der Waals surface area contributed by atoms with Crippen LogP contribution in [-0.4, -0.2) is 15.4 Å². The van der Waals surface area contributed by atoms with Crippen LogP contribution < -0.4 is 4.80 Å². The fraction of sp³-hybridized carbons (Fsp3) is 0.273. The highest BCUT2D eigenvalue weighted by Gasteiger charge is 2.18. The largest absolute Gasteiger partial charge is 0.316 e. The zero-order chi connectivity index (χ0) is 21.8. The zero-order valence-electron chi connectivity index (χ0n) is 17.0. The lowest BCUT2D eigenvalue weighted by molar-refractivity contribution is -0.384. The number of non-ortho nitro benzene ring substituents is 1. The van der Waals surface area contributed by atoms with E-state index in [9.17, 15) is 14.9 Å². The van der Waals surface area contributed by atoms with Gasteiger partial charge in [-0.05, 0) is 31.9 Å². The molecule has 0 spiro atoms. The van der Waals surface area contributed by atoms with Crippen molar-refractivity contribution in [3.05, 3.63) is 78.4 Å². The quantitative estimate of drug-likeness (QED) is 0.356. The maximum Gasteiger partial charge on any atom is 0.281 e. The molecule has 2 aromatic carbocycles. The lowest BCUT2D eigenvalue weighted by atomic mass is 10.1. The SMILES string of the molecule is CCCc1sc(=NC(=O)c2cc([N+](=O)[O-])ccc2Cl)n(CC)c1-c1ccc(C)cc1. The molecule has 6 nitrogen and oxygen atoms in total. The van der Waals surface area contributed by atoms with Crippen molar-refractivity contribution >= 4 is 34.5 Å². The Morgan fingerprint density at radius 3 is 2.50 bits per heavy atom. The van der Waals surface area contributed by atoms with E-state index in [1.807, 2.05) is 18.4 Å². The van der Waals surface area contributed by atoms with E-state index >= 15 is 0 Å². The van der Waals surface area contributed by atoms with Crippen LogP contribution in [0.4, 0.5) is 5.69 Å². The van der Waals surface area contributed by atoms with Gasteiger partial charge in [-0.15, -0.1) is 11.3 Å². The van der Waals surface area contributed by atoms with Crippen LogP contribution in [0.1, 0.15) is 41.1 Å². The number of carbonyl (C=O) groups is 1. The van der Waals surface area contributed by atoms with Gasteiger partial charge in [0.05, 0.1) is 21.2 Å². The van der Waals surface area contributed by atoms with Crippen LogP contribution in [0.5, 0.6) is 0 Å². The number of nitro groups is 1. The summed E-state index contributed by atoms with van der Waals surface area (Å²) in [6.07, 6.45) is 1.84. The van der Waals surface area contributed by atoms with Gasteiger partial charge < -0.3 is 4.57 Å². The molecule has 0 saturated heterocycles. The minimum Gasteiger partial charge on any atom is -0.316 e. The second-order valence-electron chi connectivity index (χ2n) is 6.85. The molecule has 1 heterocycles. The lowest BCUT2D eigenvalue weighted by Crippen LogP contribution is -2.17. The van der Waals surface area contributed by atoms with Gasteiger partial charge in [0.15, 0.2) is 4.80 Å². The van der Waals surface area contributed by atoms with E-state index in [1.54, 1.807) is 0 Å². The first-order valence-electron chi connectivity index (χ1n) is 9.68. The van der Waals surface area contributed by atoms with E-state index in [2.05, 4.69) is 36.2 Å². The first-order valence-corrected chi connectivity index (χ1v) is 10.9. The molecular formula is C22H22ClN3O3S. The molecule has 0 atom stereocenters. The maximum absolute atomic E-state index is 12.9. The Balaban J connectivity index is 2.16. The van der Waals surface area contributed by atoms with E-state index < -0.39 is 10.8 Å². The van der Waals surface area contributed by atoms with Gasteiger partial charge in [0.2, 0.25) is 0 Å². The Labute approximate surface area is 183 Å². The first-order chi connectivity index (χ1) is 14.3. The molecule has 30 heavy (non-hydrogen) atoms. The molecule has 0 radical (unpaired) electrons. The van der Waals surface area contributed by atoms with Gasteiger partial charge in [0.1, 0.15) is 0 Å². The van der Waals surface area contributed by atoms with Gasteiger partial charge in [0.25, 0.3) is 11.6 Å². The smallest absolute Gasteiger partial charge is 0.281 e. The minimum absolute atomic E-state index is 0.0239. The Bertz CT molecular complexity index is 1160. The number of hydrogen-bond donors (Lipinski definition) is 0. The third-order valence-corrected chi connectivity index (χ3v) is 6.15. The molecule has 3 rings (SSSR count).